The maximum absolute atomic E-state index is 5.67. The van der Waals surface area contributed by atoms with Crippen LogP contribution in [0.4, 0.5) is 5.95 Å². The first kappa shape index (κ1) is 10.7. The molecule has 84 valence electrons. The zero-order chi connectivity index (χ0) is 11.5. The second-order valence-corrected chi connectivity index (χ2v) is 3.71. The van der Waals surface area contributed by atoms with E-state index >= 15 is 0 Å². The van der Waals surface area contributed by atoms with Crippen molar-refractivity contribution in [2.24, 2.45) is 5.73 Å². The number of H-pyrrole nitrogens is 1. The summed E-state index contributed by atoms with van der Waals surface area (Å²) in [6.45, 7) is 2.61. The summed E-state index contributed by atoms with van der Waals surface area (Å²) >= 11 is 0. The van der Waals surface area contributed by atoms with Crippen molar-refractivity contribution in [2.75, 3.05) is 5.73 Å². The van der Waals surface area contributed by atoms with Crippen molar-refractivity contribution in [1.29, 1.82) is 0 Å². The van der Waals surface area contributed by atoms with E-state index in [4.69, 9.17) is 11.5 Å². The number of nitrogen functional groups attached to an aromatic ring is 1. The Morgan fingerprint density at radius 2 is 2.19 bits per heavy atom. The number of nitrogens with zero attached hydrogens (tertiary/aromatic N) is 1. The second kappa shape index (κ2) is 4.37. The number of aromatic amines is 1. The minimum Gasteiger partial charge on any atom is -0.369 e. The predicted molar refractivity (Wildman–Crippen MR) is 65.7 cm³/mol. The molecule has 5 N–H and O–H groups in total. The van der Waals surface area contributed by atoms with Crippen LogP contribution in [0.2, 0.25) is 0 Å². The van der Waals surface area contributed by atoms with Crippen molar-refractivity contribution < 1.29 is 0 Å². The van der Waals surface area contributed by atoms with E-state index in [2.05, 4.69) is 23.0 Å². The molecule has 0 aliphatic rings. The molecule has 2 rings (SSSR count). The molecular formula is C12H16N4. The lowest BCUT2D eigenvalue weighted by molar-refractivity contribution is 1.06. The number of rotatable bonds is 3. The highest BCUT2D eigenvalue weighted by Crippen LogP contribution is 2.23. The Balaban J connectivity index is 2.48. The van der Waals surface area contributed by atoms with E-state index in [0.29, 0.717) is 12.5 Å². The van der Waals surface area contributed by atoms with Gasteiger partial charge in [0, 0.05) is 17.8 Å². The molecule has 4 heteroatoms. The van der Waals surface area contributed by atoms with Gasteiger partial charge in [-0.1, -0.05) is 25.1 Å². The fourth-order valence-corrected chi connectivity index (χ4v) is 1.77. The molecule has 0 radical (unpaired) electrons. The molecule has 0 amide bonds. The van der Waals surface area contributed by atoms with E-state index in [1.54, 1.807) is 0 Å². The molecule has 16 heavy (non-hydrogen) atoms. The first-order valence-electron chi connectivity index (χ1n) is 5.38. The maximum atomic E-state index is 5.67. The van der Waals surface area contributed by atoms with Gasteiger partial charge in [0.15, 0.2) is 5.95 Å². The number of aromatic nitrogens is 2. The molecule has 0 aliphatic heterocycles. The van der Waals surface area contributed by atoms with Gasteiger partial charge in [-0.25, -0.2) is 4.98 Å². The third-order valence-electron chi connectivity index (χ3n) is 2.59. The Morgan fingerprint density at radius 1 is 1.38 bits per heavy atom. The van der Waals surface area contributed by atoms with Crippen LogP contribution in [0.5, 0.6) is 0 Å². The molecule has 1 aromatic carbocycles. The molecule has 0 unspecified atom stereocenters. The molecule has 0 atom stereocenters. The maximum Gasteiger partial charge on any atom is 0.198 e. The molecule has 0 aliphatic carbocycles. The highest BCUT2D eigenvalue weighted by molar-refractivity contribution is 5.64. The van der Waals surface area contributed by atoms with E-state index in [0.717, 1.165) is 28.9 Å². The van der Waals surface area contributed by atoms with Gasteiger partial charge in [0.05, 0.1) is 5.69 Å². The molecule has 0 bridgehead atoms. The summed E-state index contributed by atoms with van der Waals surface area (Å²) in [5.41, 5.74) is 15.4. The van der Waals surface area contributed by atoms with E-state index in [1.165, 1.54) is 0 Å². The topological polar surface area (TPSA) is 80.7 Å². The number of nitrogens with one attached hydrogen (secondary N) is 1. The van der Waals surface area contributed by atoms with Gasteiger partial charge in [-0.15, -0.1) is 0 Å². The number of aryl methyl sites for hydroxylation is 1. The number of hydrogen-bond donors (Lipinski definition) is 3. The van der Waals surface area contributed by atoms with Gasteiger partial charge < -0.3 is 16.5 Å². The van der Waals surface area contributed by atoms with Crippen LogP contribution in [0.25, 0.3) is 11.3 Å². The standard InChI is InChI=1S/C12H16N4/c1-2-10-11(16-12(14)15-10)9-5-3-4-8(6-9)7-13/h3-6H,2,7,13H2,1H3,(H3,14,15,16). The average molecular weight is 216 g/mol. The number of benzene rings is 1. The second-order valence-electron chi connectivity index (χ2n) is 3.71. The summed E-state index contributed by atoms with van der Waals surface area (Å²) in [6, 6.07) is 8.07. The highest BCUT2D eigenvalue weighted by atomic mass is 15.0. The third-order valence-corrected chi connectivity index (χ3v) is 2.59. The summed E-state index contributed by atoms with van der Waals surface area (Å²) in [5, 5.41) is 0. The van der Waals surface area contributed by atoms with Gasteiger partial charge in [0.1, 0.15) is 0 Å². The minimum absolute atomic E-state index is 0.463. The lowest BCUT2D eigenvalue weighted by atomic mass is 10.1. The lowest BCUT2D eigenvalue weighted by Gasteiger charge is -2.02. The summed E-state index contributed by atoms with van der Waals surface area (Å²) in [5.74, 6) is 0.463. The third kappa shape index (κ3) is 1.92. The Labute approximate surface area is 94.7 Å². The molecule has 1 heterocycles. The van der Waals surface area contributed by atoms with Crippen LogP contribution >= 0.6 is 0 Å². The van der Waals surface area contributed by atoms with Gasteiger partial charge in [-0.05, 0) is 18.1 Å². The Hall–Kier alpha value is -1.81. The van der Waals surface area contributed by atoms with Gasteiger partial charge in [-0.3, -0.25) is 0 Å². The minimum atomic E-state index is 0.463. The van der Waals surface area contributed by atoms with Crippen LogP contribution in [0.1, 0.15) is 18.2 Å². The molecule has 0 spiro atoms. The van der Waals surface area contributed by atoms with Crippen molar-refractivity contribution in [2.45, 2.75) is 19.9 Å². The summed E-state index contributed by atoms with van der Waals surface area (Å²) in [6.07, 6.45) is 0.881. The van der Waals surface area contributed by atoms with Crippen LogP contribution in [-0.4, -0.2) is 9.97 Å². The van der Waals surface area contributed by atoms with Crippen LogP contribution in [0.3, 0.4) is 0 Å². The largest absolute Gasteiger partial charge is 0.369 e. The number of hydrogen-bond acceptors (Lipinski definition) is 3. The number of nitrogens with two attached hydrogens (primary N) is 2. The highest BCUT2D eigenvalue weighted by Gasteiger charge is 2.09. The van der Waals surface area contributed by atoms with E-state index < -0.39 is 0 Å². The molecule has 2 aromatic rings. The first-order valence-corrected chi connectivity index (χ1v) is 5.38. The fourth-order valence-electron chi connectivity index (χ4n) is 1.77. The van der Waals surface area contributed by atoms with Crippen LogP contribution in [-0.2, 0) is 13.0 Å². The van der Waals surface area contributed by atoms with Crippen molar-refractivity contribution in [3.63, 3.8) is 0 Å². The van der Waals surface area contributed by atoms with Crippen LogP contribution in [0, 0.1) is 0 Å². The average Bonchev–Trinajstić information content (AvgIpc) is 2.70. The zero-order valence-corrected chi connectivity index (χ0v) is 9.33. The summed E-state index contributed by atoms with van der Waals surface area (Å²) in [4.78, 5) is 7.37. The van der Waals surface area contributed by atoms with E-state index in [9.17, 15) is 0 Å². The smallest absolute Gasteiger partial charge is 0.198 e. The fraction of sp³-hybridized carbons (Fsp3) is 0.250. The predicted octanol–water partition coefficient (Wildman–Crippen LogP) is 1.68. The molecule has 0 saturated heterocycles. The number of imidazole rings is 1. The van der Waals surface area contributed by atoms with E-state index in [1.807, 2.05) is 18.2 Å². The Bertz CT molecular complexity index is 488. The van der Waals surface area contributed by atoms with Gasteiger partial charge in [-0.2, -0.15) is 0 Å². The summed E-state index contributed by atoms with van der Waals surface area (Å²) in [7, 11) is 0. The zero-order valence-electron chi connectivity index (χ0n) is 9.33. The van der Waals surface area contributed by atoms with E-state index in [-0.39, 0.29) is 0 Å². The quantitative estimate of drug-likeness (QED) is 0.730. The normalized spacial score (nSPS) is 10.6. The van der Waals surface area contributed by atoms with Crippen molar-refractivity contribution >= 4 is 5.95 Å². The van der Waals surface area contributed by atoms with Crippen molar-refractivity contribution in [3.8, 4) is 11.3 Å². The van der Waals surface area contributed by atoms with Crippen molar-refractivity contribution in [1.82, 2.24) is 9.97 Å². The van der Waals surface area contributed by atoms with Gasteiger partial charge in [0.2, 0.25) is 0 Å². The SMILES string of the molecule is CCc1[nH]c(N)nc1-c1cccc(CN)c1. The number of anilines is 1. The molecule has 0 saturated carbocycles. The molecule has 1 aromatic heterocycles. The van der Waals surface area contributed by atoms with Crippen LogP contribution < -0.4 is 11.5 Å². The molecule has 4 nitrogen and oxygen atoms in total. The molecular weight excluding hydrogens is 200 g/mol. The van der Waals surface area contributed by atoms with Crippen molar-refractivity contribution in [3.05, 3.63) is 35.5 Å². The Morgan fingerprint density at radius 3 is 2.88 bits per heavy atom. The molecule has 0 fully saturated rings. The van der Waals surface area contributed by atoms with Crippen LogP contribution in [0.15, 0.2) is 24.3 Å². The monoisotopic (exact) mass is 216 g/mol. The van der Waals surface area contributed by atoms with Gasteiger partial charge >= 0.3 is 0 Å². The lowest BCUT2D eigenvalue weighted by Crippen LogP contribution is -1.96. The summed E-state index contributed by atoms with van der Waals surface area (Å²) < 4.78 is 0. The first-order chi connectivity index (χ1) is 7.74. The van der Waals surface area contributed by atoms with Gasteiger partial charge in [0.25, 0.3) is 0 Å². The Kier molecular flexibility index (Phi) is 2.92.